The zero-order valence-electron chi connectivity index (χ0n) is 41.0. The van der Waals surface area contributed by atoms with Gasteiger partial charge in [0.25, 0.3) is 11.8 Å². The predicted octanol–water partition coefficient (Wildman–Crippen LogP) is 4.48. The molecule has 15 atom stereocenters. The van der Waals surface area contributed by atoms with E-state index in [1.165, 1.54) is 12.1 Å². The number of imide groups is 1. The molecule has 5 aliphatic rings. The Morgan fingerprint density at radius 1 is 0.613 bits per heavy atom. The number of carbonyl (C=O) groups excluding carboxylic acids is 5. The summed E-state index contributed by atoms with van der Waals surface area (Å²) in [6, 6.07) is 31.0. The van der Waals surface area contributed by atoms with E-state index in [-0.39, 0.29) is 37.6 Å². The molecule has 4 saturated heterocycles. The third-order valence-corrected chi connectivity index (χ3v) is 13.2. The van der Waals surface area contributed by atoms with Crippen LogP contribution in [0.25, 0.3) is 10.4 Å². The third-order valence-electron chi connectivity index (χ3n) is 13.2. The average molecular weight is 1040 g/mol. The van der Waals surface area contributed by atoms with Gasteiger partial charge in [0.15, 0.2) is 31.1 Å². The molecule has 4 aromatic rings. The third kappa shape index (κ3) is 12.2. The summed E-state index contributed by atoms with van der Waals surface area (Å²) in [6.07, 6.45) is -17.2. The molecular weight excluding hydrogens is 981 g/mol. The van der Waals surface area contributed by atoms with Crippen LogP contribution < -0.4 is 0 Å². The molecule has 22 heteroatoms. The van der Waals surface area contributed by atoms with E-state index in [0.29, 0.717) is 0 Å². The summed E-state index contributed by atoms with van der Waals surface area (Å²) in [5.41, 5.74) is 12.1. The Bertz CT molecular complexity index is 2650. The minimum atomic E-state index is -1.74. The lowest BCUT2D eigenvalue weighted by atomic mass is 9.94. The van der Waals surface area contributed by atoms with E-state index >= 15 is 0 Å². The van der Waals surface area contributed by atoms with E-state index in [0.717, 1.165) is 42.4 Å². The maximum absolute atomic E-state index is 14.3. The first-order valence-electron chi connectivity index (χ1n) is 24.4. The number of esters is 3. The van der Waals surface area contributed by atoms with Crippen LogP contribution in [0, 0.1) is 0 Å². The van der Waals surface area contributed by atoms with Crippen LogP contribution in [-0.2, 0) is 91.0 Å². The number of rotatable bonds is 20. The van der Waals surface area contributed by atoms with Crippen LogP contribution in [0.15, 0.2) is 120 Å². The van der Waals surface area contributed by atoms with Crippen molar-refractivity contribution in [1.29, 1.82) is 0 Å². The molecule has 5 aliphatic heterocycles. The number of fused-ring (bicyclic) bond motifs is 3. The van der Waals surface area contributed by atoms with Crippen molar-refractivity contribution in [2.45, 2.75) is 133 Å². The fraction of sp³-hybridized carbons (Fsp3) is 0.453. The van der Waals surface area contributed by atoms with Gasteiger partial charge in [-0.1, -0.05) is 108 Å². The van der Waals surface area contributed by atoms with Gasteiger partial charge in [0, 0.05) is 25.7 Å². The Labute approximate surface area is 430 Å². The largest absolute Gasteiger partial charge is 0.463 e. The maximum Gasteiger partial charge on any atom is 0.303 e. The summed E-state index contributed by atoms with van der Waals surface area (Å²) in [5.74, 6) is -4.07. The monoisotopic (exact) mass is 1040 g/mol. The number of amides is 2. The summed E-state index contributed by atoms with van der Waals surface area (Å²) in [5, 5.41) is 16.7. The molecule has 22 nitrogen and oxygen atoms in total. The molecule has 2 amide bonds. The summed E-state index contributed by atoms with van der Waals surface area (Å²) < 4.78 is 75.3. The zero-order chi connectivity index (χ0) is 52.6. The summed E-state index contributed by atoms with van der Waals surface area (Å²) in [6.45, 7) is 2.23. The highest BCUT2D eigenvalue weighted by molar-refractivity contribution is 6.21. The average Bonchev–Trinajstić information content (AvgIpc) is 3.95. The van der Waals surface area contributed by atoms with Crippen molar-refractivity contribution in [3.05, 3.63) is 154 Å². The van der Waals surface area contributed by atoms with Crippen molar-refractivity contribution in [2.75, 3.05) is 19.8 Å². The number of aliphatic hydroxyl groups excluding tert-OH is 1. The number of benzene rings is 4. The lowest BCUT2D eigenvalue weighted by Crippen LogP contribution is -2.68. The van der Waals surface area contributed by atoms with Crippen molar-refractivity contribution < 1.29 is 85.9 Å². The van der Waals surface area contributed by atoms with Crippen LogP contribution in [0.4, 0.5) is 0 Å². The smallest absolute Gasteiger partial charge is 0.303 e. The second-order valence-electron chi connectivity index (χ2n) is 18.3. The van der Waals surface area contributed by atoms with Crippen molar-refractivity contribution >= 4 is 29.7 Å². The molecule has 4 aromatic carbocycles. The fourth-order valence-corrected chi connectivity index (χ4v) is 9.83. The maximum atomic E-state index is 14.3. The molecule has 0 spiro atoms. The fourth-order valence-electron chi connectivity index (χ4n) is 9.83. The molecular formula is C53H56N4O18. The van der Waals surface area contributed by atoms with Gasteiger partial charge < -0.3 is 61.9 Å². The predicted molar refractivity (Wildman–Crippen MR) is 255 cm³/mol. The summed E-state index contributed by atoms with van der Waals surface area (Å²) in [4.78, 5) is 70.5. The van der Waals surface area contributed by atoms with E-state index in [2.05, 4.69) is 10.0 Å². The highest BCUT2D eigenvalue weighted by Crippen LogP contribution is 2.40. The van der Waals surface area contributed by atoms with Gasteiger partial charge in [0.2, 0.25) is 0 Å². The Hall–Kier alpha value is -6.66. The standard InChI is InChI=1S/C53H56N4O18/c1-29(58)64-26-38-45(70-30(2)59)47(71-31(3)60)41(57-49(62)35-21-13-14-22-36(35)50(57)63)52(73-38)69-27-37-43(65-23-32-15-7-4-8-16-32)42(61)48(67-25-34-19-11-6-12-20-34)53(74-37)75-44-39-28-68-51(72-39)40(55-56-54)46(44)66-24-33-17-9-5-10-18-33/h4-22,37-48,51-53,61H,23-28H2,1-3H3/t37-,38-,39-,40-,41-,42+,43+,44-,45-,46-,47-,48-,51-,52-,53+/m1/s1. The molecule has 0 aromatic heterocycles. The molecule has 9 rings (SSSR count). The van der Waals surface area contributed by atoms with E-state index in [9.17, 15) is 34.6 Å². The van der Waals surface area contributed by atoms with Crippen LogP contribution in [0.2, 0.25) is 0 Å². The topological polar surface area (TPSA) is 268 Å². The molecule has 75 heavy (non-hydrogen) atoms. The van der Waals surface area contributed by atoms with Crippen molar-refractivity contribution in [2.24, 2.45) is 5.11 Å². The summed E-state index contributed by atoms with van der Waals surface area (Å²) >= 11 is 0. The lowest BCUT2D eigenvalue weighted by Gasteiger charge is -2.49. The highest BCUT2D eigenvalue weighted by atomic mass is 16.8. The highest BCUT2D eigenvalue weighted by Gasteiger charge is 2.59. The summed E-state index contributed by atoms with van der Waals surface area (Å²) in [7, 11) is 0. The minimum Gasteiger partial charge on any atom is -0.463 e. The first kappa shape index (κ1) is 53.2. The number of azide groups is 1. The number of carbonyl (C=O) groups is 5. The van der Waals surface area contributed by atoms with Gasteiger partial charge in [0.1, 0.15) is 67.5 Å². The number of nitrogens with zero attached hydrogens (tertiary/aromatic N) is 4. The van der Waals surface area contributed by atoms with Gasteiger partial charge in [-0.3, -0.25) is 28.9 Å². The SMILES string of the molecule is CC(=O)OC[C@H]1O[C@@H](OC[C@H]2O[C@@H](O[C@H]3[C@H](OCc4ccccc4)[C@@H](N=[N+]=[N-])[C@@H]4OC[C@H]3O4)[C@H](OCc3ccccc3)[C@@H](O)[C@H]2OCc2ccccc2)[C@H](N2C(=O)c3ccccc3C2=O)[C@@H](OC(C)=O)[C@@H]1OC(C)=O. The van der Waals surface area contributed by atoms with Crippen molar-refractivity contribution in [3.63, 3.8) is 0 Å². The van der Waals surface area contributed by atoms with E-state index in [1.54, 1.807) is 12.1 Å². The molecule has 0 aliphatic carbocycles. The zero-order valence-corrected chi connectivity index (χ0v) is 41.0. The van der Waals surface area contributed by atoms with Crippen LogP contribution in [0.1, 0.15) is 58.2 Å². The lowest BCUT2D eigenvalue weighted by molar-refractivity contribution is -0.354. The minimum absolute atomic E-state index is 0.0166. The van der Waals surface area contributed by atoms with E-state index < -0.39 is 135 Å². The van der Waals surface area contributed by atoms with Crippen LogP contribution in [-0.4, -0.2) is 152 Å². The molecule has 2 bridgehead atoms. The van der Waals surface area contributed by atoms with E-state index in [4.69, 9.17) is 56.8 Å². The van der Waals surface area contributed by atoms with E-state index in [1.807, 2.05) is 91.0 Å². The molecule has 396 valence electrons. The van der Waals surface area contributed by atoms with Gasteiger partial charge in [0.05, 0.1) is 44.2 Å². The second kappa shape index (κ2) is 24.3. The molecule has 5 heterocycles. The number of ether oxygens (including phenoxy) is 12. The molecule has 1 N–H and O–H groups in total. The Balaban J connectivity index is 1.09. The van der Waals surface area contributed by atoms with Crippen LogP contribution in [0.5, 0.6) is 0 Å². The van der Waals surface area contributed by atoms with Crippen LogP contribution in [0.3, 0.4) is 0 Å². The number of aliphatic hydroxyl groups is 1. The molecule has 0 unspecified atom stereocenters. The number of hydrogen-bond acceptors (Lipinski definition) is 19. The molecule has 0 radical (unpaired) electrons. The number of hydrogen-bond donors (Lipinski definition) is 1. The molecule has 0 saturated carbocycles. The first-order valence-corrected chi connectivity index (χ1v) is 24.4. The Morgan fingerprint density at radius 2 is 1.12 bits per heavy atom. The normalized spacial score (nSPS) is 31.0. The Morgan fingerprint density at radius 3 is 1.67 bits per heavy atom. The van der Waals surface area contributed by atoms with Gasteiger partial charge >= 0.3 is 17.9 Å². The second-order valence-corrected chi connectivity index (χ2v) is 18.3. The Kier molecular flexibility index (Phi) is 17.3. The van der Waals surface area contributed by atoms with Gasteiger partial charge in [-0.05, 0) is 34.4 Å². The quantitative estimate of drug-likeness (QED) is 0.0319. The first-order chi connectivity index (χ1) is 36.4. The molecule has 4 fully saturated rings. The van der Waals surface area contributed by atoms with Crippen LogP contribution >= 0.6 is 0 Å². The van der Waals surface area contributed by atoms with Gasteiger partial charge in [-0.2, -0.15) is 0 Å². The van der Waals surface area contributed by atoms with Crippen molar-refractivity contribution in [1.82, 2.24) is 4.90 Å². The van der Waals surface area contributed by atoms with Gasteiger partial charge in [-0.15, -0.1) is 0 Å². The van der Waals surface area contributed by atoms with Gasteiger partial charge in [-0.25, -0.2) is 0 Å². The van der Waals surface area contributed by atoms with Crippen molar-refractivity contribution in [3.8, 4) is 0 Å².